The number of carbonyl (C=O) groups excluding carboxylic acids is 6. The summed E-state index contributed by atoms with van der Waals surface area (Å²) < 4.78 is 232. The highest BCUT2D eigenvalue weighted by Crippen LogP contribution is 2.49. The minimum atomic E-state index is -5.63. The fourth-order valence-electron chi connectivity index (χ4n) is 14.2. The van der Waals surface area contributed by atoms with Crippen molar-refractivity contribution in [2.45, 2.75) is 159 Å². The molecule has 9 rings (SSSR count). The molecule has 4 aromatic carbocycles. The van der Waals surface area contributed by atoms with Crippen LogP contribution in [0.3, 0.4) is 0 Å². The van der Waals surface area contributed by atoms with Crippen LogP contribution in [0.25, 0.3) is 11.3 Å². The number of amides is 3. The summed E-state index contributed by atoms with van der Waals surface area (Å²) in [7, 11) is -7.98. The Morgan fingerprint density at radius 2 is 1.39 bits per heavy atom. The van der Waals surface area contributed by atoms with Gasteiger partial charge in [-0.25, -0.2) is 37.8 Å². The average Bonchev–Trinajstić information content (AvgIpc) is 1.67. The van der Waals surface area contributed by atoms with Gasteiger partial charge in [-0.2, -0.15) is 48.6 Å². The van der Waals surface area contributed by atoms with E-state index in [0.717, 1.165) is 64.6 Å². The van der Waals surface area contributed by atoms with Crippen LogP contribution in [0.1, 0.15) is 119 Å². The Bertz CT molecular complexity index is 4790. The molecule has 6 N–H and O–H groups in total. The molecule has 0 radical (unpaired) electrons. The first kappa shape index (κ1) is 89.1. The van der Waals surface area contributed by atoms with Gasteiger partial charge in [-0.3, -0.25) is 48.6 Å². The van der Waals surface area contributed by atoms with Gasteiger partial charge in [0, 0.05) is 96.0 Å². The third-order valence-electron chi connectivity index (χ3n) is 20.5. The van der Waals surface area contributed by atoms with Crippen LogP contribution in [-0.4, -0.2) is 185 Å². The Morgan fingerprint density at radius 1 is 0.774 bits per heavy atom. The quantitative estimate of drug-likeness (QED) is 0.00434. The number of ketones is 1. The maximum absolute atomic E-state index is 17.0. The van der Waals surface area contributed by atoms with Crippen molar-refractivity contribution in [3.05, 3.63) is 142 Å². The highest BCUT2D eigenvalue weighted by Gasteiger charge is 2.57. The average molecular weight is 1670 g/mol. The van der Waals surface area contributed by atoms with Crippen molar-refractivity contribution in [2.75, 3.05) is 64.4 Å². The number of benzene rings is 4. The van der Waals surface area contributed by atoms with E-state index in [4.69, 9.17) is 18.7 Å². The van der Waals surface area contributed by atoms with Crippen LogP contribution in [0.5, 0.6) is 11.5 Å². The third kappa shape index (κ3) is 22.0. The number of Topliss-reactive ketones (excluding diaryl/α,β-unsaturated/α-hetero) is 1. The van der Waals surface area contributed by atoms with E-state index in [0.29, 0.717) is 106 Å². The number of methoxy groups -OCH3 is 3. The second-order valence-electron chi connectivity index (χ2n) is 29.9. The van der Waals surface area contributed by atoms with E-state index in [9.17, 15) is 55.3 Å². The van der Waals surface area contributed by atoms with Gasteiger partial charge in [0.1, 0.15) is 40.2 Å². The number of alkyl halides is 8. The first-order valence-corrected chi connectivity index (χ1v) is 38.6. The van der Waals surface area contributed by atoms with Crippen LogP contribution in [0.15, 0.2) is 96.3 Å². The Morgan fingerprint density at radius 3 is 1.93 bits per heavy atom. The number of alkyl carbamates (subject to hydrolysis) is 1. The molecule has 2 unspecified atom stereocenters. The number of aryl methyl sites for hydroxylation is 1. The summed E-state index contributed by atoms with van der Waals surface area (Å²) in [6.07, 6.45) is -13.7. The summed E-state index contributed by atoms with van der Waals surface area (Å²) in [4.78, 5) is 120. The number of ether oxygens (including phenoxy) is 5. The smallest absolute Gasteiger partial charge is 0.495 e. The number of piperazine rings is 1. The molecule has 3 fully saturated rings. The number of phosphoric ester groups is 1. The van der Waals surface area contributed by atoms with Gasteiger partial charge in [-0.1, -0.05) is 57.7 Å². The van der Waals surface area contributed by atoms with Gasteiger partial charge in [0.2, 0.25) is 17.8 Å². The zero-order chi connectivity index (χ0) is 84.8. The van der Waals surface area contributed by atoms with Crippen LogP contribution in [-0.2, 0) is 82.4 Å². The standard InChI is InChI=1S/C75H85F10N10O18PS/c1-41-23-47(29-62(97)88-48-17-20-58(108-8)61(30-48)115(105,106)107)65(59(24-41)113-114(102,103)104)71(2,3)32-64(99)112-60(38-93(91-67(100)53(31-63(98)109-9)72(4,5)74(80,81)82)37-52-54(76)26-45(27-55(52)77)56-21-22-94(90-56)68(78)79)46(28-57(96)66(89-70(101)110-10)73(6,7)75(83,84)85)25-43-14-11-42(12-15-43)13-16-44-33-86-69(87-34-44)92-35-49-18-19-50(36-92)95(49)51-39-111-40-51/h11-12,14-15,17,20-24,26-27,30,33-34,46,49-51,53,60,66,68H,18-19,25,28-29,31-32,35-40H2,1-10H3,(H,88,97)(H,89,101)(H,91,100)(H2,102,103,104)(H,105,106,107)/t46-,49?,50?,53-,60+,66-/m1/s1. The molecule has 0 spiro atoms. The van der Waals surface area contributed by atoms with Crippen molar-refractivity contribution in [3.63, 3.8) is 0 Å². The summed E-state index contributed by atoms with van der Waals surface area (Å²) in [6.45, 7) is 2.99. The van der Waals surface area contributed by atoms with Crippen LogP contribution < -0.4 is 30.2 Å². The van der Waals surface area contributed by atoms with Crippen molar-refractivity contribution in [1.29, 1.82) is 0 Å². The summed E-state index contributed by atoms with van der Waals surface area (Å²) in [6, 6.07) is 11.8. The van der Waals surface area contributed by atoms with Gasteiger partial charge in [0.05, 0.1) is 94.4 Å². The molecular weight excluding hydrogens is 1580 g/mol. The topological polar surface area (TPSA) is 359 Å². The molecule has 115 heavy (non-hydrogen) atoms. The third-order valence-corrected chi connectivity index (χ3v) is 21.8. The highest BCUT2D eigenvalue weighted by atomic mass is 32.2. The summed E-state index contributed by atoms with van der Waals surface area (Å²) in [5.74, 6) is -9.08. The molecule has 5 heterocycles. The lowest BCUT2D eigenvalue weighted by molar-refractivity contribution is -0.231. The SMILES string of the molecule is COC(=O)C[C@H](C(=O)NN(Cc1c(F)cc(-c2ccn(C(F)F)n2)cc1F)C[C@H](OC(=O)CC(C)(C)c1c(CC(=O)Nc2ccc(OC)c(S(=O)(=O)O)c2)cc(C)cc1OP(=O)(O)O)[C@@H](CC(=O)[C@@H](NC(=O)OC)C(C)(C)C(F)(F)F)Cc1ccc(C#Cc2cnc(N3CC4CCC(C3)N4C3COC3)nc2)cc1)C(C)(C)C(F)(F)F. The lowest BCUT2D eigenvalue weighted by atomic mass is 9.75. The van der Waals surface area contributed by atoms with Crippen molar-refractivity contribution >= 4 is 65.2 Å². The number of halogens is 10. The normalized spacial score (nSPS) is 16.8. The van der Waals surface area contributed by atoms with Crippen LogP contribution in [0, 0.1) is 53.1 Å². The summed E-state index contributed by atoms with van der Waals surface area (Å²) in [5, 5.41) is 8.47. The van der Waals surface area contributed by atoms with Gasteiger partial charge in [-0.05, 0) is 111 Å². The number of phosphoric acid groups is 1. The lowest BCUT2D eigenvalue weighted by Gasteiger charge is -2.47. The maximum atomic E-state index is 17.0. The van der Waals surface area contributed by atoms with E-state index in [-0.39, 0.29) is 38.4 Å². The number of hydrazine groups is 1. The first-order chi connectivity index (χ1) is 53.6. The molecule has 6 atom stereocenters. The lowest BCUT2D eigenvalue weighted by Crippen LogP contribution is -2.62. The Hall–Kier alpha value is -9.81. The fraction of sp³-hybridized carbons (Fsp3) is 0.480. The van der Waals surface area contributed by atoms with E-state index in [1.165, 1.54) is 69.6 Å². The molecule has 624 valence electrons. The van der Waals surface area contributed by atoms with Crippen molar-refractivity contribution in [2.24, 2.45) is 22.7 Å². The molecule has 40 heteroatoms. The number of hydrogen-bond acceptors (Lipinski definition) is 21. The molecule has 6 aromatic rings. The molecule has 0 saturated carbocycles. The number of hydrogen-bond donors (Lipinski definition) is 6. The van der Waals surface area contributed by atoms with E-state index >= 15 is 44.7 Å². The van der Waals surface area contributed by atoms with E-state index < -0.39 is 197 Å². The second kappa shape index (κ2) is 35.7. The van der Waals surface area contributed by atoms with E-state index in [1.54, 1.807) is 0 Å². The Kier molecular flexibility index (Phi) is 27.7. The van der Waals surface area contributed by atoms with Gasteiger partial charge in [0.15, 0.2) is 5.78 Å². The molecule has 28 nitrogen and oxygen atoms in total. The number of esters is 2. The minimum absolute atomic E-state index is 0.136. The number of nitrogens with zero attached hydrogens (tertiary/aromatic N) is 7. The fourth-order valence-corrected chi connectivity index (χ4v) is 15.2. The van der Waals surface area contributed by atoms with Gasteiger partial charge in [-0.15, -0.1) is 0 Å². The molecule has 0 aliphatic carbocycles. The second-order valence-corrected chi connectivity index (χ2v) is 32.4. The zero-order valence-electron chi connectivity index (χ0n) is 63.7. The maximum Gasteiger partial charge on any atom is 0.524 e. The number of aromatic nitrogens is 4. The number of anilines is 2. The molecule has 3 aliphatic rings. The minimum Gasteiger partial charge on any atom is -0.495 e. The first-order valence-electron chi connectivity index (χ1n) is 35.6. The molecular formula is C75H85F10N10O18PS. The highest BCUT2D eigenvalue weighted by molar-refractivity contribution is 7.86. The molecule has 3 aliphatic heterocycles. The number of carbonyl (C=O) groups is 6. The van der Waals surface area contributed by atoms with Crippen LogP contribution in [0.2, 0.25) is 0 Å². The van der Waals surface area contributed by atoms with Crippen molar-refractivity contribution in [1.82, 2.24) is 40.4 Å². The Balaban J connectivity index is 1.17. The zero-order valence-corrected chi connectivity index (χ0v) is 65.4. The predicted molar refractivity (Wildman–Crippen MR) is 390 cm³/mol. The molecule has 2 bridgehead atoms. The predicted octanol–water partition coefficient (Wildman–Crippen LogP) is 10.7. The summed E-state index contributed by atoms with van der Waals surface area (Å²) >= 11 is 0. The van der Waals surface area contributed by atoms with E-state index in [1.807, 2.05) is 5.32 Å². The van der Waals surface area contributed by atoms with Gasteiger partial charge >= 0.3 is 44.8 Å². The Labute approximate surface area is 654 Å². The number of nitrogens with one attached hydrogen (secondary N) is 3. The molecule has 3 amide bonds. The van der Waals surface area contributed by atoms with Crippen molar-refractivity contribution in [3.8, 4) is 34.6 Å². The van der Waals surface area contributed by atoms with Gasteiger partial charge < -0.3 is 43.7 Å². The molecule has 2 aromatic heterocycles. The molecule has 3 saturated heterocycles. The largest absolute Gasteiger partial charge is 0.524 e. The monoisotopic (exact) mass is 1670 g/mol. The number of rotatable bonds is 32. The van der Waals surface area contributed by atoms with Crippen LogP contribution in [0.4, 0.5) is 60.3 Å². The van der Waals surface area contributed by atoms with Gasteiger partial charge in [0.25, 0.3) is 10.1 Å². The number of fused-ring (bicyclic) bond motifs is 2. The summed E-state index contributed by atoms with van der Waals surface area (Å²) in [5.41, 5.74) is -7.91. The van der Waals surface area contributed by atoms with Crippen molar-refractivity contribution < 1.29 is 128 Å². The van der Waals surface area contributed by atoms with E-state index in [2.05, 4.69) is 56.9 Å². The van der Waals surface area contributed by atoms with Crippen LogP contribution >= 0.6 is 7.82 Å².